The van der Waals surface area contributed by atoms with Crippen LogP contribution in [-0.4, -0.2) is 17.9 Å². The van der Waals surface area contributed by atoms with Crippen LogP contribution in [0.3, 0.4) is 0 Å². The van der Waals surface area contributed by atoms with Crippen molar-refractivity contribution in [3.8, 4) is 6.07 Å². The van der Waals surface area contributed by atoms with E-state index in [1.807, 2.05) is 24.1 Å². The zero-order chi connectivity index (χ0) is 13.9. The fraction of sp³-hybridized carbons (Fsp3) is 0.500. The molecule has 19 heavy (non-hydrogen) atoms. The van der Waals surface area contributed by atoms with Gasteiger partial charge in [-0.05, 0) is 30.5 Å². The third-order valence-electron chi connectivity index (χ3n) is 4.07. The van der Waals surface area contributed by atoms with Crippen LogP contribution in [0, 0.1) is 16.7 Å². The molecule has 1 fully saturated rings. The van der Waals surface area contributed by atoms with Crippen molar-refractivity contribution in [1.82, 2.24) is 4.90 Å². The summed E-state index contributed by atoms with van der Waals surface area (Å²) < 4.78 is 0. The van der Waals surface area contributed by atoms with Crippen LogP contribution in [0.15, 0.2) is 24.3 Å². The molecular formula is C16H20N2O. The molecule has 3 nitrogen and oxygen atoms in total. The van der Waals surface area contributed by atoms with Crippen molar-refractivity contribution in [2.45, 2.75) is 39.2 Å². The van der Waals surface area contributed by atoms with Crippen LogP contribution in [0.4, 0.5) is 0 Å². The minimum atomic E-state index is -0.165. The van der Waals surface area contributed by atoms with Gasteiger partial charge >= 0.3 is 0 Å². The lowest BCUT2D eigenvalue weighted by Gasteiger charge is -2.29. The normalized spacial score (nSPS) is 16.9. The molecule has 3 heteroatoms. The molecule has 0 N–H and O–H groups in total. The van der Waals surface area contributed by atoms with Gasteiger partial charge in [0.05, 0.1) is 11.6 Å². The standard InChI is InChI=1S/C16H20N2O/c1-16(9-3-4-10-16)15(19)18(2)12-14-7-5-13(11-17)6-8-14/h5-8H,3-4,9-10,12H2,1-2H3. The van der Waals surface area contributed by atoms with E-state index >= 15 is 0 Å². The van der Waals surface area contributed by atoms with E-state index < -0.39 is 0 Å². The van der Waals surface area contributed by atoms with E-state index in [-0.39, 0.29) is 11.3 Å². The summed E-state index contributed by atoms with van der Waals surface area (Å²) >= 11 is 0. The van der Waals surface area contributed by atoms with Crippen molar-refractivity contribution in [3.63, 3.8) is 0 Å². The number of rotatable bonds is 3. The number of hydrogen-bond acceptors (Lipinski definition) is 2. The van der Waals surface area contributed by atoms with Crippen LogP contribution in [0.5, 0.6) is 0 Å². The summed E-state index contributed by atoms with van der Waals surface area (Å²) in [5, 5.41) is 8.76. The highest BCUT2D eigenvalue weighted by Gasteiger charge is 2.37. The number of nitriles is 1. The molecule has 0 radical (unpaired) electrons. The lowest BCUT2D eigenvalue weighted by molar-refractivity contribution is -0.140. The fourth-order valence-electron chi connectivity index (χ4n) is 2.86. The van der Waals surface area contributed by atoms with E-state index in [1.165, 1.54) is 0 Å². The van der Waals surface area contributed by atoms with Crippen molar-refractivity contribution >= 4 is 5.91 Å². The topological polar surface area (TPSA) is 44.1 Å². The maximum Gasteiger partial charge on any atom is 0.228 e. The maximum absolute atomic E-state index is 12.5. The Morgan fingerprint density at radius 2 is 1.89 bits per heavy atom. The highest BCUT2D eigenvalue weighted by Crippen LogP contribution is 2.39. The van der Waals surface area contributed by atoms with Gasteiger partial charge in [0.2, 0.25) is 5.91 Å². The minimum absolute atomic E-state index is 0.165. The Bertz CT molecular complexity index is 492. The van der Waals surface area contributed by atoms with Gasteiger partial charge in [0, 0.05) is 19.0 Å². The predicted octanol–water partition coefficient (Wildman–Crippen LogP) is 3.10. The quantitative estimate of drug-likeness (QED) is 0.834. The second kappa shape index (κ2) is 5.44. The van der Waals surface area contributed by atoms with E-state index in [1.54, 1.807) is 12.1 Å². The van der Waals surface area contributed by atoms with Crippen LogP contribution in [0.1, 0.15) is 43.7 Å². The Kier molecular flexibility index (Phi) is 3.90. The van der Waals surface area contributed by atoms with Gasteiger partial charge in [-0.2, -0.15) is 5.26 Å². The molecule has 1 aliphatic rings. The molecule has 1 aromatic carbocycles. The Labute approximate surface area is 114 Å². The molecule has 0 aliphatic heterocycles. The first-order chi connectivity index (χ1) is 9.05. The molecule has 1 saturated carbocycles. The van der Waals surface area contributed by atoms with Crippen molar-refractivity contribution in [2.75, 3.05) is 7.05 Å². The first-order valence-corrected chi connectivity index (χ1v) is 6.80. The molecule has 0 aromatic heterocycles. The van der Waals surface area contributed by atoms with Crippen LogP contribution in [0.2, 0.25) is 0 Å². The van der Waals surface area contributed by atoms with Gasteiger partial charge in [-0.15, -0.1) is 0 Å². The van der Waals surface area contributed by atoms with Crippen molar-refractivity contribution in [2.24, 2.45) is 5.41 Å². The number of nitrogens with zero attached hydrogens (tertiary/aromatic N) is 2. The molecule has 1 aliphatic carbocycles. The van der Waals surface area contributed by atoms with E-state index in [0.29, 0.717) is 12.1 Å². The number of benzene rings is 1. The summed E-state index contributed by atoms with van der Waals surface area (Å²) in [6.07, 6.45) is 4.33. The lowest BCUT2D eigenvalue weighted by Crippen LogP contribution is -2.38. The Morgan fingerprint density at radius 1 is 1.32 bits per heavy atom. The molecule has 1 aromatic rings. The van der Waals surface area contributed by atoms with Gasteiger partial charge < -0.3 is 4.90 Å². The summed E-state index contributed by atoms with van der Waals surface area (Å²) in [7, 11) is 1.87. The van der Waals surface area contributed by atoms with Crippen molar-refractivity contribution < 1.29 is 4.79 Å². The van der Waals surface area contributed by atoms with E-state index in [4.69, 9.17) is 5.26 Å². The van der Waals surface area contributed by atoms with Gasteiger partial charge in [0.25, 0.3) is 0 Å². The molecule has 0 heterocycles. The summed E-state index contributed by atoms with van der Waals surface area (Å²) in [6, 6.07) is 9.53. The summed E-state index contributed by atoms with van der Waals surface area (Å²) in [4.78, 5) is 14.3. The van der Waals surface area contributed by atoms with Crippen molar-refractivity contribution in [1.29, 1.82) is 5.26 Å². The predicted molar refractivity (Wildman–Crippen MR) is 74.2 cm³/mol. The molecule has 0 spiro atoms. The molecule has 0 unspecified atom stereocenters. The average Bonchev–Trinajstić information content (AvgIpc) is 2.87. The molecule has 2 rings (SSSR count). The Hall–Kier alpha value is -1.82. The number of hydrogen-bond donors (Lipinski definition) is 0. The zero-order valence-corrected chi connectivity index (χ0v) is 11.6. The van der Waals surface area contributed by atoms with Gasteiger partial charge in [-0.25, -0.2) is 0 Å². The average molecular weight is 256 g/mol. The van der Waals surface area contributed by atoms with Gasteiger partial charge in [0.1, 0.15) is 0 Å². The summed E-state index contributed by atoms with van der Waals surface area (Å²) in [5.74, 6) is 0.245. The van der Waals surface area contributed by atoms with Crippen LogP contribution >= 0.6 is 0 Å². The van der Waals surface area contributed by atoms with Crippen LogP contribution < -0.4 is 0 Å². The fourth-order valence-corrected chi connectivity index (χ4v) is 2.86. The molecule has 0 bridgehead atoms. The molecule has 1 amide bonds. The lowest BCUT2D eigenvalue weighted by atomic mass is 9.87. The van der Waals surface area contributed by atoms with Crippen LogP contribution in [-0.2, 0) is 11.3 Å². The number of amides is 1. The highest BCUT2D eigenvalue weighted by atomic mass is 16.2. The van der Waals surface area contributed by atoms with E-state index in [2.05, 4.69) is 13.0 Å². The molecule has 100 valence electrons. The van der Waals surface area contributed by atoms with E-state index in [9.17, 15) is 4.79 Å². The van der Waals surface area contributed by atoms with Gasteiger partial charge in [0.15, 0.2) is 0 Å². The second-order valence-electron chi connectivity index (χ2n) is 5.74. The smallest absolute Gasteiger partial charge is 0.228 e. The first kappa shape index (κ1) is 13.6. The largest absolute Gasteiger partial charge is 0.341 e. The molecule has 0 saturated heterocycles. The van der Waals surface area contributed by atoms with Gasteiger partial charge in [-0.1, -0.05) is 31.9 Å². The van der Waals surface area contributed by atoms with Crippen molar-refractivity contribution in [3.05, 3.63) is 35.4 Å². The molecular weight excluding hydrogens is 236 g/mol. The SMILES string of the molecule is CN(Cc1ccc(C#N)cc1)C(=O)C1(C)CCCC1. The van der Waals surface area contributed by atoms with E-state index in [0.717, 1.165) is 31.2 Å². The third-order valence-corrected chi connectivity index (χ3v) is 4.07. The highest BCUT2D eigenvalue weighted by molar-refractivity contribution is 5.82. The van der Waals surface area contributed by atoms with Gasteiger partial charge in [-0.3, -0.25) is 4.79 Å². The zero-order valence-electron chi connectivity index (χ0n) is 11.6. The Balaban J connectivity index is 2.02. The third kappa shape index (κ3) is 2.96. The Morgan fingerprint density at radius 3 is 2.42 bits per heavy atom. The molecule has 0 atom stereocenters. The summed E-state index contributed by atoms with van der Waals surface area (Å²) in [5.41, 5.74) is 1.55. The summed E-state index contributed by atoms with van der Waals surface area (Å²) in [6.45, 7) is 2.69. The second-order valence-corrected chi connectivity index (χ2v) is 5.74. The number of carbonyl (C=O) groups is 1. The van der Waals surface area contributed by atoms with Crippen LogP contribution in [0.25, 0.3) is 0 Å². The minimum Gasteiger partial charge on any atom is -0.341 e. The maximum atomic E-state index is 12.5. The first-order valence-electron chi connectivity index (χ1n) is 6.80. The monoisotopic (exact) mass is 256 g/mol. The number of carbonyl (C=O) groups excluding carboxylic acids is 1.